The van der Waals surface area contributed by atoms with Crippen LogP contribution in [0.5, 0.6) is 0 Å². The number of carbonyl (C=O) groups excluding carboxylic acids is 2. The van der Waals surface area contributed by atoms with E-state index in [-0.39, 0.29) is 11.8 Å². The Bertz CT molecular complexity index is 1180. The fourth-order valence-electron chi connectivity index (χ4n) is 5.64. The SMILES string of the molecule is CC(=O)Nc1ccc(C(=O)NCc2cccc(C3CCN(CC(C)CC(C)c4ccccc4)CC3)c2)cc1. The highest BCUT2D eigenvalue weighted by Gasteiger charge is 2.22. The van der Waals surface area contributed by atoms with Crippen LogP contribution in [0.15, 0.2) is 78.9 Å². The van der Waals surface area contributed by atoms with Crippen molar-refractivity contribution in [2.75, 3.05) is 25.0 Å². The van der Waals surface area contributed by atoms with Gasteiger partial charge in [-0.25, -0.2) is 0 Å². The molecule has 2 amide bonds. The highest BCUT2D eigenvalue weighted by molar-refractivity contribution is 5.95. The molecule has 5 nitrogen and oxygen atoms in total. The highest BCUT2D eigenvalue weighted by Crippen LogP contribution is 2.30. The Morgan fingerprint density at radius 3 is 2.32 bits per heavy atom. The third-order valence-corrected chi connectivity index (χ3v) is 7.62. The van der Waals surface area contributed by atoms with Crippen molar-refractivity contribution in [3.63, 3.8) is 0 Å². The van der Waals surface area contributed by atoms with Crippen molar-refractivity contribution in [3.8, 4) is 0 Å². The smallest absolute Gasteiger partial charge is 0.251 e. The summed E-state index contributed by atoms with van der Waals surface area (Å²) in [5.74, 6) is 1.59. The molecule has 4 rings (SSSR count). The van der Waals surface area contributed by atoms with E-state index >= 15 is 0 Å². The second-order valence-corrected chi connectivity index (χ2v) is 10.9. The molecule has 0 aromatic heterocycles. The van der Waals surface area contributed by atoms with Gasteiger partial charge < -0.3 is 15.5 Å². The van der Waals surface area contributed by atoms with E-state index < -0.39 is 0 Å². The zero-order valence-corrected chi connectivity index (χ0v) is 23.0. The van der Waals surface area contributed by atoms with Crippen LogP contribution in [0.1, 0.15) is 78.9 Å². The minimum absolute atomic E-state index is 0.117. The number of nitrogens with one attached hydrogen (secondary N) is 2. The van der Waals surface area contributed by atoms with Crippen LogP contribution >= 0.6 is 0 Å². The van der Waals surface area contributed by atoms with Crippen molar-refractivity contribution < 1.29 is 9.59 Å². The maximum atomic E-state index is 12.6. The van der Waals surface area contributed by atoms with Gasteiger partial charge >= 0.3 is 0 Å². The van der Waals surface area contributed by atoms with Crippen molar-refractivity contribution in [1.82, 2.24) is 10.2 Å². The number of benzene rings is 3. The first-order valence-electron chi connectivity index (χ1n) is 13.9. The van der Waals surface area contributed by atoms with E-state index in [1.54, 1.807) is 24.3 Å². The summed E-state index contributed by atoms with van der Waals surface area (Å²) < 4.78 is 0. The molecule has 0 spiro atoms. The third-order valence-electron chi connectivity index (χ3n) is 7.62. The Labute approximate surface area is 227 Å². The van der Waals surface area contributed by atoms with Crippen molar-refractivity contribution in [3.05, 3.63) is 101 Å². The lowest BCUT2D eigenvalue weighted by Crippen LogP contribution is -2.36. The number of likely N-dealkylation sites (tertiary alicyclic amines) is 1. The second-order valence-electron chi connectivity index (χ2n) is 10.9. The fraction of sp³-hybridized carbons (Fsp3) is 0.394. The average Bonchev–Trinajstić information content (AvgIpc) is 2.93. The van der Waals surface area contributed by atoms with E-state index in [9.17, 15) is 9.59 Å². The normalized spacial score (nSPS) is 16.0. The molecular weight excluding hydrogens is 470 g/mol. The molecule has 1 aliphatic heterocycles. The van der Waals surface area contributed by atoms with E-state index in [0.29, 0.717) is 35.5 Å². The molecule has 1 heterocycles. The van der Waals surface area contributed by atoms with Gasteiger partial charge in [0.05, 0.1) is 0 Å². The predicted octanol–water partition coefficient (Wildman–Crippen LogP) is 6.58. The minimum atomic E-state index is -0.129. The van der Waals surface area contributed by atoms with Crippen LogP contribution in [-0.4, -0.2) is 36.3 Å². The summed E-state index contributed by atoms with van der Waals surface area (Å²) in [6.07, 6.45) is 3.58. The van der Waals surface area contributed by atoms with Gasteiger partial charge in [-0.3, -0.25) is 9.59 Å². The van der Waals surface area contributed by atoms with Crippen molar-refractivity contribution in [1.29, 1.82) is 0 Å². The van der Waals surface area contributed by atoms with E-state index in [1.807, 2.05) is 0 Å². The quantitative estimate of drug-likeness (QED) is 0.323. The van der Waals surface area contributed by atoms with E-state index in [2.05, 4.69) is 84.0 Å². The van der Waals surface area contributed by atoms with Gasteiger partial charge in [0.1, 0.15) is 0 Å². The molecule has 2 unspecified atom stereocenters. The Hall–Kier alpha value is -3.44. The first kappa shape index (κ1) is 27.6. The molecule has 0 saturated carbocycles. The van der Waals surface area contributed by atoms with Crippen LogP contribution in [0.25, 0.3) is 0 Å². The van der Waals surface area contributed by atoms with E-state index in [1.165, 1.54) is 43.9 Å². The first-order chi connectivity index (χ1) is 18.4. The number of amides is 2. The van der Waals surface area contributed by atoms with Gasteiger partial charge in [0.2, 0.25) is 5.91 Å². The van der Waals surface area contributed by atoms with Gasteiger partial charge in [0.25, 0.3) is 5.91 Å². The van der Waals surface area contributed by atoms with Crippen molar-refractivity contribution >= 4 is 17.5 Å². The van der Waals surface area contributed by atoms with Crippen molar-refractivity contribution in [2.24, 2.45) is 5.92 Å². The number of hydrogen-bond acceptors (Lipinski definition) is 3. The number of piperidine rings is 1. The standard InChI is InChI=1S/C33H41N3O2/c1-24(20-25(2)28-9-5-4-6-10-28)23-36-18-16-29(17-19-36)31-11-7-8-27(21-31)22-34-33(38)30-12-14-32(15-13-30)35-26(3)37/h4-15,21,24-25,29H,16-20,22-23H2,1-3H3,(H,34,38)(H,35,37). The molecule has 3 aromatic carbocycles. The fourth-order valence-corrected chi connectivity index (χ4v) is 5.64. The highest BCUT2D eigenvalue weighted by atomic mass is 16.2. The summed E-state index contributed by atoms with van der Waals surface area (Å²) in [7, 11) is 0. The van der Waals surface area contributed by atoms with Crippen LogP contribution in [0.3, 0.4) is 0 Å². The van der Waals surface area contributed by atoms with Gasteiger partial charge in [0, 0.05) is 31.3 Å². The Balaban J connectivity index is 1.23. The lowest BCUT2D eigenvalue weighted by Gasteiger charge is -2.34. The van der Waals surface area contributed by atoms with Gasteiger partial charge in [-0.05, 0) is 91.1 Å². The zero-order chi connectivity index (χ0) is 26.9. The van der Waals surface area contributed by atoms with Gasteiger partial charge in [-0.2, -0.15) is 0 Å². The molecule has 200 valence electrons. The molecular formula is C33H41N3O2. The molecule has 0 bridgehead atoms. The Kier molecular flexibility index (Phi) is 9.72. The molecule has 38 heavy (non-hydrogen) atoms. The summed E-state index contributed by atoms with van der Waals surface area (Å²) in [6, 6.07) is 26.5. The van der Waals surface area contributed by atoms with E-state index in [0.717, 1.165) is 18.7 Å². The minimum Gasteiger partial charge on any atom is -0.348 e. The number of hydrogen-bond donors (Lipinski definition) is 2. The molecule has 2 N–H and O–H groups in total. The first-order valence-corrected chi connectivity index (χ1v) is 13.9. The van der Waals surface area contributed by atoms with Crippen LogP contribution in [0.4, 0.5) is 5.69 Å². The third kappa shape index (κ3) is 8.03. The molecule has 1 fully saturated rings. The lowest BCUT2D eigenvalue weighted by molar-refractivity contribution is -0.114. The topological polar surface area (TPSA) is 61.4 Å². The summed E-state index contributed by atoms with van der Waals surface area (Å²) in [4.78, 5) is 26.4. The van der Waals surface area contributed by atoms with Crippen LogP contribution < -0.4 is 10.6 Å². The number of anilines is 1. The average molecular weight is 512 g/mol. The summed E-state index contributed by atoms with van der Waals surface area (Å²) >= 11 is 0. The molecule has 1 aliphatic rings. The molecule has 1 saturated heterocycles. The Morgan fingerprint density at radius 1 is 0.921 bits per heavy atom. The zero-order valence-electron chi connectivity index (χ0n) is 23.0. The monoisotopic (exact) mass is 511 g/mol. The maximum absolute atomic E-state index is 12.6. The number of nitrogens with zero attached hydrogens (tertiary/aromatic N) is 1. The van der Waals surface area contributed by atoms with Gasteiger partial charge in [-0.15, -0.1) is 0 Å². The van der Waals surface area contributed by atoms with Gasteiger partial charge in [0.15, 0.2) is 0 Å². The maximum Gasteiger partial charge on any atom is 0.251 e. The van der Waals surface area contributed by atoms with E-state index in [4.69, 9.17) is 0 Å². The molecule has 3 aromatic rings. The lowest BCUT2D eigenvalue weighted by atomic mass is 9.87. The largest absolute Gasteiger partial charge is 0.348 e. The number of carbonyl (C=O) groups is 2. The van der Waals surface area contributed by atoms with Crippen molar-refractivity contribution in [2.45, 2.75) is 58.4 Å². The summed E-state index contributed by atoms with van der Waals surface area (Å²) in [5, 5.41) is 5.74. The van der Waals surface area contributed by atoms with Crippen LogP contribution in [-0.2, 0) is 11.3 Å². The van der Waals surface area contributed by atoms with Crippen LogP contribution in [0, 0.1) is 5.92 Å². The summed E-state index contributed by atoms with van der Waals surface area (Å²) in [5.41, 5.74) is 5.20. The second kappa shape index (κ2) is 13.4. The molecule has 5 heteroatoms. The summed E-state index contributed by atoms with van der Waals surface area (Å²) in [6.45, 7) is 10.2. The molecule has 0 aliphatic carbocycles. The predicted molar refractivity (Wildman–Crippen MR) is 155 cm³/mol. The van der Waals surface area contributed by atoms with Crippen LogP contribution in [0.2, 0.25) is 0 Å². The molecule has 0 radical (unpaired) electrons. The van der Waals surface area contributed by atoms with Gasteiger partial charge in [-0.1, -0.05) is 68.4 Å². The Morgan fingerprint density at radius 2 is 1.63 bits per heavy atom. The number of rotatable bonds is 10. The molecule has 2 atom stereocenters.